The predicted molar refractivity (Wildman–Crippen MR) is 73.3 cm³/mol. The number of aromatic hydroxyl groups is 1. The minimum absolute atomic E-state index is 0.00658. The van der Waals surface area contributed by atoms with E-state index in [2.05, 4.69) is 10.3 Å². The third-order valence-electron chi connectivity index (χ3n) is 2.78. The van der Waals surface area contributed by atoms with Crippen molar-refractivity contribution in [3.05, 3.63) is 58.4 Å². The van der Waals surface area contributed by atoms with Crippen LogP contribution in [-0.4, -0.2) is 16.0 Å². The molecule has 0 aliphatic rings. The summed E-state index contributed by atoms with van der Waals surface area (Å²) < 4.78 is 0. The minimum atomic E-state index is -0.329. The summed E-state index contributed by atoms with van der Waals surface area (Å²) in [6.07, 6.45) is 3.41. The summed E-state index contributed by atoms with van der Waals surface area (Å²) in [6, 6.07) is 6.14. The second-order valence-electron chi connectivity index (χ2n) is 4.15. The molecule has 1 amide bonds. The summed E-state index contributed by atoms with van der Waals surface area (Å²) >= 11 is 5.92. The minimum Gasteiger partial charge on any atom is -0.508 e. The molecule has 0 spiro atoms. The summed E-state index contributed by atoms with van der Waals surface area (Å²) in [5, 5.41) is 12.4. The Bertz CT molecular complexity index is 614. The Labute approximate surface area is 116 Å². The van der Waals surface area contributed by atoms with E-state index < -0.39 is 0 Å². The van der Waals surface area contributed by atoms with Crippen molar-refractivity contribution in [2.24, 2.45) is 0 Å². The molecule has 0 saturated heterocycles. The molecule has 2 rings (SSSR count). The number of aromatic nitrogens is 1. The van der Waals surface area contributed by atoms with Crippen molar-refractivity contribution in [2.45, 2.75) is 13.5 Å². The zero-order valence-corrected chi connectivity index (χ0v) is 11.1. The van der Waals surface area contributed by atoms with E-state index in [0.717, 1.165) is 11.1 Å². The fraction of sp³-hybridized carbons (Fsp3) is 0.143. The first-order valence-electron chi connectivity index (χ1n) is 5.74. The Morgan fingerprint density at radius 2 is 2.21 bits per heavy atom. The number of hydrogen-bond donors (Lipinski definition) is 2. The first kappa shape index (κ1) is 13.4. The fourth-order valence-corrected chi connectivity index (χ4v) is 1.84. The first-order valence-corrected chi connectivity index (χ1v) is 6.12. The molecule has 0 unspecified atom stereocenters. The molecule has 0 aliphatic heterocycles. The number of halogens is 1. The van der Waals surface area contributed by atoms with E-state index in [0.29, 0.717) is 11.6 Å². The van der Waals surface area contributed by atoms with Crippen LogP contribution < -0.4 is 5.32 Å². The Balaban J connectivity index is 2.10. The molecule has 2 N–H and O–H groups in total. The van der Waals surface area contributed by atoms with Crippen LogP contribution in [0.15, 0.2) is 36.7 Å². The molecule has 0 radical (unpaired) electrons. The van der Waals surface area contributed by atoms with E-state index >= 15 is 0 Å². The van der Waals surface area contributed by atoms with Crippen molar-refractivity contribution in [3.63, 3.8) is 0 Å². The maximum absolute atomic E-state index is 12.0. The molecule has 1 heterocycles. The second kappa shape index (κ2) is 5.71. The third-order valence-corrected chi connectivity index (χ3v) is 3.11. The topological polar surface area (TPSA) is 62.2 Å². The molecular formula is C14H13ClN2O2. The molecule has 19 heavy (non-hydrogen) atoms. The highest BCUT2D eigenvalue weighted by Gasteiger charge is 2.11. The zero-order chi connectivity index (χ0) is 13.8. The highest BCUT2D eigenvalue weighted by atomic mass is 35.5. The molecule has 0 saturated carbocycles. The molecule has 0 bridgehead atoms. The standard InChI is InChI=1S/C14H13ClN2O2/c1-9-4-5-16-7-10(9)8-17-14(19)12-6-11(18)2-3-13(12)15/h2-7,18H,8H2,1H3,(H,17,19). The van der Waals surface area contributed by atoms with Gasteiger partial charge in [-0.05, 0) is 42.3 Å². The molecule has 0 fully saturated rings. The number of nitrogens with one attached hydrogen (secondary N) is 1. The quantitative estimate of drug-likeness (QED) is 0.906. The Kier molecular flexibility index (Phi) is 4.02. The number of carbonyl (C=O) groups is 1. The van der Waals surface area contributed by atoms with Gasteiger partial charge in [-0.25, -0.2) is 0 Å². The van der Waals surface area contributed by atoms with E-state index in [1.807, 2.05) is 13.0 Å². The number of carbonyl (C=O) groups excluding carboxylic acids is 1. The SMILES string of the molecule is Cc1ccncc1CNC(=O)c1cc(O)ccc1Cl. The normalized spacial score (nSPS) is 10.2. The number of benzene rings is 1. The van der Waals surface area contributed by atoms with Crippen LogP contribution in [0.1, 0.15) is 21.5 Å². The maximum atomic E-state index is 12.0. The molecule has 5 heteroatoms. The van der Waals surface area contributed by atoms with Crippen LogP contribution in [0.4, 0.5) is 0 Å². The molecule has 2 aromatic rings. The summed E-state index contributed by atoms with van der Waals surface area (Å²) in [5.74, 6) is -0.323. The Morgan fingerprint density at radius 3 is 2.95 bits per heavy atom. The predicted octanol–water partition coefficient (Wildman–Crippen LogP) is 2.68. The maximum Gasteiger partial charge on any atom is 0.253 e. The number of nitrogens with zero attached hydrogens (tertiary/aromatic N) is 1. The lowest BCUT2D eigenvalue weighted by Gasteiger charge is -2.08. The highest BCUT2D eigenvalue weighted by Crippen LogP contribution is 2.21. The average molecular weight is 277 g/mol. The van der Waals surface area contributed by atoms with Crippen LogP contribution >= 0.6 is 11.6 Å². The summed E-state index contributed by atoms with van der Waals surface area (Å²) in [5.41, 5.74) is 2.24. The largest absolute Gasteiger partial charge is 0.508 e. The van der Waals surface area contributed by atoms with Crippen LogP contribution in [0.25, 0.3) is 0 Å². The van der Waals surface area contributed by atoms with Crippen molar-refractivity contribution >= 4 is 17.5 Å². The fourth-order valence-electron chi connectivity index (χ4n) is 1.64. The number of hydrogen-bond acceptors (Lipinski definition) is 3. The van der Waals surface area contributed by atoms with Gasteiger partial charge in [0.25, 0.3) is 5.91 Å². The molecular weight excluding hydrogens is 264 g/mol. The van der Waals surface area contributed by atoms with E-state index in [1.165, 1.54) is 18.2 Å². The van der Waals surface area contributed by atoms with Gasteiger partial charge < -0.3 is 10.4 Å². The average Bonchev–Trinajstić information content (AvgIpc) is 2.40. The monoisotopic (exact) mass is 276 g/mol. The van der Waals surface area contributed by atoms with Gasteiger partial charge in [-0.3, -0.25) is 9.78 Å². The zero-order valence-electron chi connectivity index (χ0n) is 10.4. The smallest absolute Gasteiger partial charge is 0.253 e. The summed E-state index contributed by atoms with van der Waals surface area (Å²) in [6.45, 7) is 2.31. The molecule has 1 aromatic heterocycles. The van der Waals surface area contributed by atoms with Gasteiger partial charge in [-0.15, -0.1) is 0 Å². The van der Waals surface area contributed by atoms with Crippen LogP contribution in [0, 0.1) is 6.92 Å². The van der Waals surface area contributed by atoms with Gasteiger partial charge in [-0.2, -0.15) is 0 Å². The number of pyridine rings is 1. The van der Waals surface area contributed by atoms with E-state index in [-0.39, 0.29) is 17.2 Å². The number of phenols is 1. The lowest BCUT2D eigenvalue weighted by molar-refractivity contribution is 0.0950. The Hall–Kier alpha value is -2.07. The van der Waals surface area contributed by atoms with Crippen molar-refractivity contribution in [1.29, 1.82) is 0 Å². The lowest BCUT2D eigenvalue weighted by Crippen LogP contribution is -2.23. The third kappa shape index (κ3) is 3.23. The van der Waals surface area contributed by atoms with Crippen molar-refractivity contribution in [1.82, 2.24) is 10.3 Å². The van der Waals surface area contributed by atoms with Crippen molar-refractivity contribution in [3.8, 4) is 5.75 Å². The summed E-state index contributed by atoms with van der Waals surface area (Å²) in [4.78, 5) is 16.0. The number of phenolic OH excluding ortho intramolecular Hbond substituents is 1. The lowest BCUT2D eigenvalue weighted by atomic mass is 10.1. The summed E-state index contributed by atoms with van der Waals surface area (Å²) in [7, 11) is 0. The number of amides is 1. The molecule has 4 nitrogen and oxygen atoms in total. The first-order chi connectivity index (χ1) is 9.08. The van der Waals surface area contributed by atoms with E-state index in [9.17, 15) is 9.90 Å². The molecule has 0 atom stereocenters. The molecule has 1 aromatic carbocycles. The van der Waals surface area contributed by atoms with Crippen molar-refractivity contribution < 1.29 is 9.90 Å². The Morgan fingerprint density at radius 1 is 1.42 bits per heavy atom. The van der Waals surface area contributed by atoms with Crippen LogP contribution in [0.5, 0.6) is 5.75 Å². The molecule has 98 valence electrons. The van der Waals surface area contributed by atoms with Crippen LogP contribution in [-0.2, 0) is 6.54 Å². The van der Waals surface area contributed by atoms with Gasteiger partial charge >= 0.3 is 0 Å². The molecule has 0 aliphatic carbocycles. The van der Waals surface area contributed by atoms with E-state index in [1.54, 1.807) is 12.4 Å². The van der Waals surface area contributed by atoms with Gasteiger partial charge in [0.15, 0.2) is 0 Å². The van der Waals surface area contributed by atoms with Gasteiger partial charge in [0, 0.05) is 18.9 Å². The highest BCUT2D eigenvalue weighted by molar-refractivity contribution is 6.33. The number of aryl methyl sites for hydroxylation is 1. The van der Waals surface area contributed by atoms with Gasteiger partial charge in [0.2, 0.25) is 0 Å². The van der Waals surface area contributed by atoms with Crippen molar-refractivity contribution in [2.75, 3.05) is 0 Å². The van der Waals surface area contributed by atoms with Crippen LogP contribution in [0.2, 0.25) is 5.02 Å². The van der Waals surface area contributed by atoms with Gasteiger partial charge in [0.1, 0.15) is 5.75 Å². The number of rotatable bonds is 3. The second-order valence-corrected chi connectivity index (χ2v) is 4.56. The van der Waals surface area contributed by atoms with Gasteiger partial charge in [-0.1, -0.05) is 11.6 Å². The van der Waals surface area contributed by atoms with E-state index in [4.69, 9.17) is 11.6 Å². The van der Waals surface area contributed by atoms with Crippen LogP contribution in [0.3, 0.4) is 0 Å². The van der Waals surface area contributed by atoms with Gasteiger partial charge in [0.05, 0.1) is 10.6 Å².